The number of H-pyrrole nitrogens is 1. The van der Waals surface area contributed by atoms with Crippen molar-refractivity contribution in [3.8, 4) is 0 Å². The number of aromatic amines is 1. The number of benzene rings is 1. The van der Waals surface area contributed by atoms with E-state index in [1.54, 1.807) is 0 Å². The second-order valence-corrected chi connectivity index (χ2v) is 7.55. The number of nitrogens with one attached hydrogen (secondary N) is 1. The van der Waals surface area contributed by atoms with Crippen LogP contribution in [0.5, 0.6) is 0 Å². The number of fused-ring (bicyclic) bond motifs is 1. The third kappa shape index (κ3) is 3.21. The Kier molecular flexibility index (Phi) is 4.34. The van der Waals surface area contributed by atoms with E-state index in [0.717, 1.165) is 36.5 Å². The molecule has 3 heterocycles. The number of likely N-dealkylation sites (tertiary alicyclic amines) is 1. The summed E-state index contributed by atoms with van der Waals surface area (Å²) in [6.45, 7) is 9.73. The first-order chi connectivity index (χ1) is 12.1. The Morgan fingerprint density at radius 2 is 2.20 bits per heavy atom. The lowest BCUT2D eigenvalue weighted by Crippen LogP contribution is -2.35. The Labute approximate surface area is 149 Å². The van der Waals surface area contributed by atoms with Gasteiger partial charge in [-0.2, -0.15) is 0 Å². The fraction of sp³-hybridized carbons (Fsp3) is 0.500. The Morgan fingerprint density at radius 1 is 1.32 bits per heavy atom. The highest BCUT2D eigenvalue weighted by molar-refractivity contribution is 5.78. The Balaban J connectivity index is 1.52. The number of nitrogens with zero attached hydrogens (tertiary/aromatic N) is 4. The van der Waals surface area contributed by atoms with E-state index >= 15 is 0 Å². The minimum Gasteiger partial charge on any atom is -0.342 e. The first kappa shape index (κ1) is 16.3. The van der Waals surface area contributed by atoms with Crippen molar-refractivity contribution < 1.29 is 0 Å². The van der Waals surface area contributed by atoms with E-state index in [1.165, 1.54) is 24.1 Å². The summed E-state index contributed by atoms with van der Waals surface area (Å²) in [6, 6.07) is 6.81. The molecule has 1 fully saturated rings. The van der Waals surface area contributed by atoms with Crippen molar-refractivity contribution in [1.29, 1.82) is 0 Å². The third-order valence-electron chi connectivity index (χ3n) is 5.31. The molecule has 0 bridgehead atoms. The first-order valence-corrected chi connectivity index (χ1v) is 9.30. The molecule has 1 saturated heterocycles. The molecule has 1 atom stereocenters. The second kappa shape index (κ2) is 6.64. The van der Waals surface area contributed by atoms with Gasteiger partial charge in [-0.05, 0) is 51.8 Å². The quantitative estimate of drug-likeness (QED) is 0.782. The van der Waals surface area contributed by atoms with Crippen LogP contribution in [0.4, 0.5) is 0 Å². The predicted molar refractivity (Wildman–Crippen MR) is 101 cm³/mol. The Morgan fingerprint density at radius 3 is 3.00 bits per heavy atom. The maximum Gasteiger partial charge on any atom is 0.111 e. The molecule has 0 amide bonds. The molecular formula is C20H27N5. The molecular weight excluding hydrogens is 310 g/mol. The summed E-state index contributed by atoms with van der Waals surface area (Å²) in [4.78, 5) is 15.4. The summed E-state index contributed by atoms with van der Waals surface area (Å²) in [7, 11) is 0. The lowest BCUT2D eigenvalue weighted by Gasteiger charge is -2.32. The van der Waals surface area contributed by atoms with Gasteiger partial charge in [0.15, 0.2) is 0 Å². The maximum atomic E-state index is 4.91. The molecule has 0 radical (unpaired) electrons. The zero-order valence-corrected chi connectivity index (χ0v) is 15.4. The largest absolute Gasteiger partial charge is 0.342 e. The lowest BCUT2D eigenvalue weighted by atomic mass is 9.97. The van der Waals surface area contributed by atoms with Crippen LogP contribution in [0.1, 0.15) is 55.7 Å². The molecule has 5 heteroatoms. The van der Waals surface area contributed by atoms with Crippen LogP contribution in [0.3, 0.4) is 0 Å². The van der Waals surface area contributed by atoms with Crippen molar-refractivity contribution in [3.63, 3.8) is 0 Å². The average Bonchev–Trinajstić information content (AvgIpc) is 3.22. The van der Waals surface area contributed by atoms with E-state index in [-0.39, 0.29) is 0 Å². The van der Waals surface area contributed by atoms with Crippen molar-refractivity contribution in [3.05, 3.63) is 47.8 Å². The maximum absolute atomic E-state index is 4.91. The Bertz CT molecular complexity index is 860. The fourth-order valence-corrected chi connectivity index (χ4v) is 3.96. The van der Waals surface area contributed by atoms with E-state index in [9.17, 15) is 0 Å². The highest BCUT2D eigenvalue weighted by Gasteiger charge is 2.25. The van der Waals surface area contributed by atoms with Crippen molar-refractivity contribution >= 4 is 11.0 Å². The normalized spacial score (nSPS) is 19.1. The standard InChI is InChI=1S/C20H27N5/c1-14(2)25-13-21-10-17(25)12-24-9-5-7-16(11-24)20-22-18-8-4-6-15(3)19(18)23-20/h4,6,8,10,13-14,16H,5,7,9,11-12H2,1-3H3,(H,22,23)/t16-/m1/s1. The highest BCUT2D eigenvalue weighted by atomic mass is 15.2. The van der Waals surface area contributed by atoms with Crippen LogP contribution in [0.25, 0.3) is 11.0 Å². The van der Waals surface area contributed by atoms with Crippen LogP contribution in [-0.4, -0.2) is 37.5 Å². The second-order valence-electron chi connectivity index (χ2n) is 7.55. The number of piperidine rings is 1. The molecule has 3 aromatic rings. The minimum absolute atomic E-state index is 0.455. The Hall–Kier alpha value is -2.14. The van der Waals surface area contributed by atoms with E-state index in [2.05, 4.69) is 58.4 Å². The van der Waals surface area contributed by atoms with Gasteiger partial charge in [0.05, 0.1) is 23.1 Å². The van der Waals surface area contributed by atoms with E-state index in [0.29, 0.717) is 12.0 Å². The highest BCUT2D eigenvalue weighted by Crippen LogP contribution is 2.28. The van der Waals surface area contributed by atoms with E-state index in [1.807, 2.05) is 12.5 Å². The van der Waals surface area contributed by atoms with Gasteiger partial charge in [-0.3, -0.25) is 4.90 Å². The smallest absolute Gasteiger partial charge is 0.111 e. The number of aryl methyl sites for hydroxylation is 1. The van der Waals surface area contributed by atoms with Crippen LogP contribution >= 0.6 is 0 Å². The molecule has 4 rings (SSSR count). The number of aromatic nitrogens is 4. The molecule has 5 nitrogen and oxygen atoms in total. The predicted octanol–water partition coefficient (Wildman–Crippen LogP) is 4.03. The van der Waals surface area contributed by atoms with Crippen LogP contribution in [0, 0.1) is 6.92 Å². The molecule has 0 spiro atoms. The molecule has 2 aromatic heterocycles. The third-order valence-corrected chi connectivity index (χ3v) is 5.31. The van der Waals surface area contributed by atoms with Crippen LogP contribution in [0.15, 0.2) is 30.7 Å². The number of hydrogen-bond donors (Lipinski definition) is 1. The van der Waals surface area contributed by atoms with Gasteiger partial charge in [-0.15, -0.1) is 0 Å². The zero-order valence-electron chi connectivity index (χ0n) is 15.4. The minimum atomic E-state index is 0.455. The van der Waals surface area contributed by atoms with Crippen molar-refractivity contribution in [2.24, 2.45) is 0 Å². The molecule has 25 heavy (non-hydrogen) atoms. The van der Waals surface area contributed by atoms with Gasteiger partial charge < -0.3 is 9.55 Å². The number of hydrogen-bond acceptors (Lipinski definition) is 3. The molecule has 0 saturated carbocycles. The number of para-hydroxylation sites is 1. The van der Waals surface area contributed by atoms with Crippen molar-refractivity contribution in [2.45, 2.75) is 52.1 Å². The summed E-state index contributed by atoms with van der Waals surface area (Å²) in [5.74, 6) is 1.63. The topological polar surface area (TPSA) is 49.7 Å². The molecule has 0 unspecified atom stereocenters. The molecule has 132 valence electrons. The SMILES string of the molecule is Cc1cccc2[nH]c([C@@H]3CCCN(Cc4cncn4C(C)C)C3)nc12. The van der Waals surface area contributed by atoms with Crippen LogP contribution in [-0.2, 0) is 6.54 Å². The average molecular weight is 337 g/mol. The summed E-state index contributed by atoms with van der Waals surface area (Å²) in [5, 5.41) is 0. The molecule has 1 N–H and O–H groups in total. The van der Waals surface area contributed by atoms with Gasteiger partial charge in [-0.1, -0.05) is 12.1 Å². The van der Waals surface area contributed by atoms with Crippen molar-refractivity contribution in [1.82, 2.24) is 24.4 Å². The molecule has 0 aliphatic carbocycles. The number of imidazole rings is 2. The summed E-state index contributed by atoms with van der Waals surface area (Å²) >= 11 is 0. The van der Waals surface area contributed by atoms with Gasteiger partial charge in [0.1, 0.15) is 5.82 Å². The molecule has 1 aromatic carbocycles. The van der Waals surface area contributed by atoms with Gasteiger partial charge >= 0.3 is 0 Å². The monoisotopic (exact) mass is 337 g/mol. The zero-order chi connectivity index (χ0) is 17.4. The summed E-state index contributed by atoms with van der Waals surface area (Å²) < 4.78 is 2.27. The van der Waals surface area contributed by atoms with Crippen LogP contribution < -0.4 is 0 Å². The lowest BCUT2D eigenvalue weighted by molar-refractivity contribution is 0.192. The van der Waals surface area contributed by atoms with Gasteiger partial charge in [-0.25, -0.2) is 9.97 Å². The summed E-state index contributed by atoms with van der Waals surface area (Å²) in [6.07, 6.45) is 6.38. The molecule has 1 aliphatic heterocycles. The first-order valence-electron chi connectivity index (χ1n) is 9.30. The van der Waals surface area contributed by atoms with E-state index < -0.39 is 0 Å². The van der Waals surface area contributed by atoms with Gasteiger partial charge in [0.25, 0.3) is 0 Å². The van der Waals surface area contributed by atoms with Crippen molar-refractivity contribution in [2.75, 3.05) is 13.1 Å². The molecule has 1 aliphatic rings. The fourth-order valence-electron chi connectivity index (χ4n) is 3.96. The van der Waals surface area contributed by atoms with Gasteiger partial charge in [0.2, 0.25) is 0 Å². The number of rotatable bonds is 4. The van der Waals surface area contributed by atoms with Crippen LogP contribution in [0.2, 0.25) is 0 Å². The summed E-state index contributed by atoms with van der Waals surface area (Å²) in [5.41, 5.74) is 4.82. The van der Waals surface area contributed by atoms with Gasteiger partial charge in [0, 0.05) is 31.2 Å². The van der Waals surface area contributed by atoms with E-state index in [4.69, 9.17) is 4.98 Å².